The summed E-state index contributed by atoms with van der Waals surface area (Å²) >= 11 is 1.45. The topological polar surface area (TPSA) is 104 Å². The number of hydrogen-bond acceptors (Lipinski definition) is 5. The average Bonchev–Trinajstić information content (AvgIpc) is 3.36. The number of hydrogen-bond donors (Lipinski definition) is 3. The molecule has 142 valence electrons. The van der Waals surface area contributed by atoms with Crippen molar-refractivity contribution < 1.29 is 19.2 Å². The van der Waals surface area contributed by atoms with Crippen LogP contribution in [-0.4, -0.2) is 30.2 Å². The van der Waals surface area contributed by atoms with Gasteiger partial charge in [-0.1, -0.05) is 20.3 Å². The number of carbonyl (C=O) groups is 4. The Kier molecular flexibility index (Phi) is 6.90. The van der Waals surface area contributed by atoms with Crippen molar-refractivity contribution >= 4 is 40.5 Å². The fraction of sp³-hybridized carbons (Fsp3) is 0.556. The maximum Gasteiger partial charge on any atom is 0.255 e. The first-order chi connectivity index (χ1) is 12.4. The van der Waals surface area contributed by atoms with Gasteiger partial charge in [0.25, 0.3) is 5.91 Å². The minimum Gasteiger partial charge on any atom is -0.340 e. The molecule has 1 aliphatic carbocycles. The number of carbonyl (C=O) groups excluding carboxylic acids is 4. The molecule has 0 radical (unpaired) electrons. The van der Waals surface area contributed by atoms with Crippen molar-refractivity contribution in [2.24, 2.45) is 0 Å². The van der Waals surface area contributed by atoms with Crippen molar-refractivity contribution in [2.75, 3.05) is 5.32 Å². The van der Waals surface area contributed by atoms with E-state index < -0.39 is 17.9 Å². The van der Waals surface area contributed by atoms with E-state index in [0.717, 1.165) is 23.3 Å². The first kappa shape index (κ1) is 20.1. The molecule has 1 unspecified atom stereocenters. The van der Waals surface area contributed by atoms with E-state index in [4.69, 9.17) is 0 Å². The van der Waals surface area contributed by atoms with Crippen LogP contribution >= 0.6 is 11.3 Å². The average molecular weight is 379 g/mol. The quantitative estimate of drug-likeness (QED) is 0.573. The van der Waals surface area contributed by atoms with Gasteiger partial charge in [-0.3, -0.25) is 24.5 Å². The van der Waals surface area contributed by atoms with Crippen LogP contribution in [0.15, 0.2) is 0 Å². The summed E-state index contributed by atoms with van der Waals surface area (Å²) in [5, 5.41) is 8.10. The molecule has 0 saturated heterocycles. The first-order valence-electron chi connectivity index (χ1n) is 8.90. The highest BCUT2D eigenvalue weighted by Gasteiger charge is 2.33. The molecule has 0 aromatic carbocycles. The van der Waals surface area contributed by atoms with Crippen molar-refractivity contribution in [2.45, 2.75) is 64.8 Å². The Hall–Kier alpha value is -2.22. The van der Waals surface area contributed by atoms with E-state index in [2.05, 4.69) is 16.0 Å². The number of nitrogens with one attached hydrogen (secondary N) is 3. The highest BCUT2D eigenvalue weighted by atomic mass is 32.1. The SMILES string of the molecule is CCCC(NC(=O)c1c(NC(C)=O)sc(C2CC2)c1CC)C(=O)NC=O. The Morgan fingerprint density at radius 1 is 1.27 bits per heavy atom. The lowest BCUT2D eigenvalue weighted by Gasteiger charge is -2.17. The predicted octanol–water partition coefficient (Wildman–Crippen LogP) is 2.32. The maximum absolute atomic E-state index is 13.0. The molecule has 0 aliphatic heterocycles. The number of imide groups is 1. The van der Waals surface area contributed by atoms with E-state index in [1.807, 2.05) is 13.8 Å². The van der Waals surface area contributed by atoms with Crippen molar-refractivity contribution in [3.05, 3.63) is 16.0 Å². The van der Waals surface area contributed by atoms with E-state index in [-0.39, 0.29) is 5.91 Å². The molecule has 1 fully saturated rings. The largest absolute Gasteiger partial charge is 0.340 e. The third-order valence-corrected chi connectivity index (χ3v) is 5.57. The number of amides is 4. The van der Waals surface area contributed by atoms with Crippen LogP contribution in [0.4, 0.5) is 5.00 Å². The molecular formula is C18H25N3O4S. The molecule has 0 bridgehead atoms. The molecule has 1 aliphatic rings. The van der Waals surface area contributed by atoms with Gasteiger partial charge in [-0.2, -0.15) is 0 Å². The fourth-order valence-corrected chi connectivity index (χ4v) is 4.45. The van der Waals surface area contributed by atoms with Crippen molar-refractivity contribution in [1.29, 1.82) is 0 Å². The van der Waals surface area contributed by atoms with E-state index in [0.29, 0.717) is 42.2 Å². The molecule has 8 heteroatoms. The molecule has 1 saturated carbocycles. The van der Waals surface area contributed by atoms with E-state index >= 15 is 0 Å². The summed E-state index contributed by atoms with van der Waals surface area (Å²) in [6.45, 7) is 5.27. The molecule has 0 spiro atoms. The number of rotatable bonds is 9. The lowest BCUT2D eigenvalue weighted by Crippen LogP contribution is -2.46. The van der Waals surface area contributed by atoms with Crippen LogP contribution in [0.25, 0.3) is 0 Å². The van der Waals surface area contributed by atoms with Gasteiger partial charge >= 0.3 is 0 Å². The highest BCUT2D eigenvalue weighted by Crippen LogP contribution is 2.48. The van der Waals surface area contributed by atoms with Crippen molar-refractivity contribution in [3.63, 3.8) is 0 Å². The van der Waals surface area contributed by atoms with E-state index in [1.165, 1.54) is 18.3 Å². The van der Waals surface area contributed by atoms with Crippen molar-refractivity contribution in [3.8, 4) is 0 Å². The van der Waals surface area contributed by atoms with Gasteiger partial charge in [0.2, 0.25) is 18.2 Å². The number of thiophene rings is 1. The minimum atomic E-state index is -0.795. The third kappa shape index (κ3) is 4.69. The van der Waals surface area contributed by atoms with Crippen LogP contribution in [0.5, 0.6) is 0 Å². The smallest absolute Gasteiger partial charge is 0.255 e. The molecule has 2 rings (SSSR count). The lowest BCUT2D eigenvalue weighted by molar-refractivity contribution is -0.127. The minimum absolute atomic E-state index is 0.242. The molecule has 7 nitrogen and oxygen atoms in total. The fourth-order valence-electron chi connectivity index (χ4n) is 2.94. The van der Waals surface area contributed by atoms with Crippen LogP contribution < -0.4 is 16.0 Å². The Morgan fingerprint density at radius 2 is 1.96 bits per heavy atom. The summed E-state index contributed by atoms with van der Waals surface area (Å²) in [7, 11) is 0. The Labute approximate surface area is 156 Å². The zero-order valence-electron chi connectivity index (χ0n) is 15.3. The molecule has 1 aromatic heterocycles. The van der Waals surface area contributed by atoms with E-state index in [9.17, 15) is 19.2 Å². The van der Waals surface area contributed by atoms with Gasteiger partial charge in [-0.05, 0) is 37.2 Å². The molecule has 1 heterocycles. The number of anilines is 1. The van der Waals surface area contributed by atoms with Crippen LogP contribution in [0, 0.1) is 0 Å². The van der Waals surface area contributed by atoms with Gasteiger partial charge in [0.1, 0.15) is 11.0 Å². The molecule has 26 heavy (non-hydrogen) atoms. The zero-order chi connectivity index (χ0) is 19.3. The maximum atomic E-state index is 13.0. The lowest BCUT2D eigenvalue weighted by atomic mass is 10.0. The van der Waals surface area contributed by atoms with Gasteiger partial charge in [0.15, 0.2) is 0 Å². The van der Waals surface area contributed by atoms with Gasteiger partial charge < -0.3 is 10.6 Å². The van der Waals surface area contributed by atoms with Gasteiger partial charge in [0, 0.05) is 11.8 Å². The summed E-state index contributed by atoms with van der Waals surface area (Å²) in [4.78, 5) is 48.2. The monoisotopic (exact) mass is 379 g/mol. The Balaban J connectivity index is 2.34. The third-order valence-electron chi connectivity index (χ3n) is 4.26. The van der Waals surface area contributed by atoms with Crippen LogP contribution in [0.1, 0.15) is 73.2 Å². The molecule has 1 aromatic rings. The van der Waals surface area contributed by atoms with Gasteiger partial charge in [-0.15, -0.1) is 11.3 Å². The molecule has 3 N–H and O–H groups in total. The molecule has 4 amide bonds. The second-order valence-corrected chi connectivity index (χ2v) is 7.45. The Morgan fingerprint density at radius 3 is 2.46 bits per heavy atom. The van der Waals surface area contributed by atoms with Crippen LogP contribution in [0.2, 0.25) is 0 Å². The summed E-state index contributed by atoms with van der Waals surface area (Å²) in [5.41, 5.74) is 1.37. The normalized spacial score (nSPS) is 14.4. The van der Waals surface area contributed by atoms with Gasteiger partial charge in [-0.25, -0.2) is 0 Å². The summed E-state index contributed by atoms with van der Waals surface area (Å²) in [6, 6.07) is -0.795. The second kappa shape index (κ2) is 8.93. The molecular weight excluding hydrogens is 354 g/mol. The standard InChI is InChI=1S/C18H25N3O4S/c1-4-6-13(16(24)19-9-22)21-17(25)14-12(5-2)15(11-7-8-11)26-18(14)20-10(3)23/h9,11,13H,4-8H2,1-3H3,(H,20,23)(H,21,25)(H,19,22,24). The summed E-state index contributed by atoms with van der Waals surface area (Å²) < 4.78 is 0. The van der Waals surface area contributed by atoms with Gasteiger partial charge in [0.05, 0.1) is 5.56 Å². The predicted molar refractivity (Wildman–Crippen MR) is 100 cm³/mol. The Bertz CT molecular complexity index is 710. The summed E-state index contributed by atoms with van der Waals surface area (Å²) in [5.74, 6) is -0.719. The highest BCUT2D eigenvalue weighted by molar-refractivity contribution is 7.17. The first-order valence-corrected chi connectivity index (χ1v) is 9.72. The van der Waals surface area contributed by atoms with Crippen LogP contribution in [-0.2, 0) is 20.8 Å². The van der Waals surface area contributed by atoms with Crippen molar-refractivity contribution in [1.82, 2.24) is 10.6 Å². The van der Waals surface area contributed by atoms with E-state index in [1.54, 1.807) is 0 Å². The summed E-state index contributed by atoms with van der Waals surface area (Å²) in [6.07, 6.45) is 4.26. The zero-order valence-corrected chi connectivity index (χ0v) is 16.1. The van der Waals surface area contributed by atoms with Crippen LogP contribution in [0.3, 0.4) is 0 Å². The molecule has 1 atom stereocenters. The second-order valence-electron chi connectivity index (χ2n) is 6.40.